The van der Waals surface area contributed by atoms with Crippen molar-refractivity contribution in [3.63, 3.8) is 0 Å². The molecule has 0 bridgehead atoms. The van der Waals surface area contributed by atoms with Crippen molar-refractivity contribution in [2.45, 2.75) is 0 Å². The van der Waals surface area contributed by atoms with Gasteiger partial charge in [-0.2, -0.15) is 0 Å². The Kier molecular flexibility index (Phi) is 2.68. The second kappa shape index (κ2) is 3.78. The third-order valence-electron chi connectivity index (χ3n) is 1.27. The third-order valence-corrected chi connectivity index (χ3v) is 1.27. The molecule has 0 aliphatic heterocycles. The first-order chi connectivity index (χ1) is 5.34. The number of nitrogens with one attached hydrogen (secondary N) is 1. The molecule has 3 N–H and O–H groups in total. The van der Waals surface area contributed by atoms with Crippen molar-refractivity contribution in [2.75, 3.05) is 18.4 Å². The predicted molar refractivity (Wildman–Crippen MR) is 42.9 cm³/mol. The largest absolute Gasteiger partial charge is 0.711 e. The van der Waals surface area contributed by atoms with E-state index in [0.29, 0.717) is 18.9 Å². The lowest BCUT2D eigenvalue weighted by molar-refractivity contribution is -0.590. The average molecular weight is 153 g/mol. The van der Waals surface area contributed by atoms with E-state index in [1.807, 2.05) is 0 Å². The molecular weight excluding hydrogens is 142 g/mol. The molecule has 0 fully saturated rings. The second-order valence-corrected chi connectivity index (χ2v) is 2.13. The zero-order valence-electron chi connectivity index (χ0n) is 6.16. The van der Waals surface area contributed by atoms with Crippen molar-refractivity contribution >= 4 is 5.82 Å². The van der Waals surface area contributed by atoms with Gasteiger partial charge < -0.3 is 10.9 Å². The fourth-order valence-electron chi connectivity index (χ4n) is 0.765. The number of aromatic nitrogens is 1. The molecule has 0 radical (unpaired) electrons. The first-order valence-corrected chi connectivity index (χ1v) is 3.46. The summed E-state index contributed by atoms with van der Waals surface area (Å²) in [4.78, 5) is 0. The molecule has 0 amide bonds. The van der Waals surface area contributed by atoms with Gasteiger partial charge in [-0.1, -0.05) is 6.07 Å². The van der Waals surface area contributed by atoms with E-state index in [1.165, 1.54) is 6.20 Å². The summed E-state index contributed by atoms with van der Waals surface area (Å²) >= 11 is 0. The minimum absolute atomic E-state index is 0.523. The van der Waals surface area contributed by atoms with Crippen LogP contribution in [0.15, 0.2) is 24.4 Å². The van der Waals surface area contributed by atoms with Crippen molar-refractivity contribution in [3.05, 3.63) is 29.6 Å². The van der Waals surface area contributed by atoms with Crippen LogP contribution >= 0.6 is 0 Å². The van der Waals surface area contributed by atoms with Crippen LogP contribution in [0.25, 0.3) is 0 Å². The van der Waals surface area contributed by atoms with Gasteiger partial charge in [0.05, 0.1) is 12.7 Å². The molecular formula is C7H11N3O. The van der Waals surface area contributed by atoms with Crippen LogP contribution in [-0.4, -0.2) is 13.1 Å². The van der Waals surface area contributed by atoms with Gasteiger partial charge in [-0.05, 0) is 6.07 Å². The summed E-state index contributed by atoms with van der Waals surface area (Å²) in [5, 5.41) is 13.8. The van der Waals surface area contributed by atoms with Crippen molar-refractivity contribution in [1.82, 2.24) is 0 Å². The summed E-state index contributed by atoms with van der Waals surface area (Å²) in [5.74, 6) is 0.540. The second-order valence-electron chi connectivity index (χ2n) is 2.13. The zero-order chi connectivity index (χ0) is 8.10. The van der Waals surface area contributed by atoms with Crippen LogP contribution in [0.1, 0.15) is 0 Å². The molecule has 11 heavy (non-hydrogen) atoms. The lowest BCUT2D eigenvalue weighted by atomic mass is 10.4. The fourth-order valence-corrected chi connectivity index (χ4v) is 0.765. The Morgan fingerprint density at radius 1 is 1.55 bits per heavy atom. The van der Waals surface area contributed by atoms with Crippen LogP contribution in [0.4, 0.5) is 5.82 Å². The molecule has 0 spiro atoms. The Balaban J connectivity index is 2.62. The van der Waals surface area contributed by atoms with Gasteiger partial charge in [0.15, 0.2) is 0 Å². The number of nitrogens with two attached hydrogens (primary N) is 1. The third kappa shape index (κ3) is 2.09. The normalized spacial score (nSPS) is 9.55. The number of pyridine rings is 1. The fraction of sp³-hybridized carbons (Fsp3) is 0.286. The van der Waals surface area contributed by atoms with Crippen molar-refractivity contribution in [2.24, 2.45) is 5.73 Å². The van der Waals surface area contributed by atoms with Crippen LogP contribution < -0.4 is 15.8 Å². The topological polar surface area (TPSA) is 65.0 Å². The van der Waals surface area contributed by atoms with Crippen LogP contribution in [0.5, 0.6) is 0 Å². The first-order valence-electron chi connectivity index (χ1n) is 3.46. The van der Waals surface area contributed by atoms with Crippen molar-refractivity contribution in [1.29, 1.82) is 0 Å². The molecule has 1 aromatic rings. The van der Waals surface area contributed by atoms with Gasteiger partial charge in [-0.15, -0.1) is 0 Å². The van der Waals surface area contributed by atoms with Crippen LogP contribution in [0.2, 0.25) is 0 Å². The van der Waals surface area contributed by atoms with E-state index in [1.54, 1.807) is 18.2 Å². The van der Waals surface area contributed by atoms with Gasteiger partial charge in [0.2, 0.25) is 0 Å². The Morgan fingerprint density at radius 2 is 2.36 bits per heavy atom. The molecule has 1 heterocycles. The molecule has 0 aliphatic carbocycles. The highest BCUT2D eigenvalue weighted by Crippen LogP contribution is 1.94. The van der Waals surface area contributed by atoms with E-state index in [0.717, 1.165) is 4.73 Å². The van der Waals surface area contributed by atoms with Crippen molar-refractivity contribution in [3.8, 4) is 0 Å². The van der Waals surface area contributed by atoms with Gasteiger partial charge in [0.1, 0.15) is 0 Å². The molecule has 0 saturated heterocycles. The molecule has 4 heteroatoms. The highest BCUT2D eigenvalue weighted by Gasteiger charge is 1.97. The maximum Gasteiger partial charge on any atom is 0.277 e. The van der Waals surface area contributed by atoms with Crippen LogP contribution in [-0.2, 0) is 0 Å². The molecule has 0 unspecified atom stereocenters. The van der Waals surface area contributed by atoms with Gasteiger partial charge in [0.25, 0.3) is 5.82 Å². The van der Waals surface area contributed by atoms with Crippen LogP contribution in [0.3, 0.4) is 0 Å². The Hall–Kier alpha value is -1.29. The minimum atomic E-state index is 0.523. The minimum Gasteiger partial charge on any atom is -0.711 e. The smallest absolute Gasteiger partial charge is 0.277 e. The van der Waals surface area contributed by atoms with E-state index in [9.17, 15) is 5.21 Å². The highest BCUT2D eigenvalue weighted by molar-refractivity contribution is 5.27. The lowest BCUT2D eigenvalue weighted by Gasteiger charge is -2.06. The summed E-state index contributed by atoms with van der Waals surface area (Å²) in [7, 11) is 0. The predicted octanol–water partition coefficient (Wildman–Crippen LogP) is -0.309. The van der Waals surface area contributed by atoms with E-state index in [2.05, 4.69) is 5.32 Å². The van der Waals surface area contributed by atoms with Gasteiger partial charge >= 0.3 is 0 Å². The zero-order valence-corrected chi connectivity index (χ0v) is 6.16. The molecule has 0 aromatic carbocycles. The van der Waals surface area contributed by atoms with E-state index >= 15 is 0 Å². The molecule has 0 saturated carbocycles. The highest BCUT2D eigenvalue weighted by atomic mass is 16.5. The van der Waals surface area contributed by atoms with E-state index in [4.69, 9.17) is 5.73 Å². The number of hydrogen-bond acceptors (Lipinski definition) is 3. The molecule has 1 aromatic heterocycles. The van der Waals surface area contributed by atoms with E-state index in [-0.39, 0.29) is 0 Å². The van der Waals surface area contributed by atoms with Gasteiger partial charge in [0, 0.05) is 12.6 Å². The summed E-state index contributed by atoms with van der Waals surface area (Å²) in [6, 6.07) is 5.19. The lowest BCUT2D eigenvalue weighted by Crippen LogP contribution is -2.31. The standard InChI is InChI=1S/C7H11N3O/c8-4-5-9-7-3-1-2-6-10(7)11/h1-3,6,9H,4-5,8H2. The molecule has 1 rings (SSSR count). The Labute approximate surface area is 65.2 Å². The summed E-state index contributed by atoms with van der Waals surface area (Å²) < 4.78 is 0.773. The average Bonchev–Trinajstić information content (AvgIpc) is 2.03. The number of nitrogens with zero attached hydrogens (tertiary/aromatic N) is 1. The van der Waals surface area contributed by atoms with Crippen LogP contribution in [0, 0.1) is 5.21 Å². The SMILES string of the molecule is NCCNc1cccc[n+]1[O-]. The molecule has 60 valence electrons. The molecule has 0 aliphatic rings. The van der Waals surface area contributed by atoms with Crippen molar-refractivity contribution < 1.29 is 4.73 Å². The maximum absolute atomic E-state index is 10.9. The molecule has 4 nitrogen and oxygen atoms in total. The quantitative estimate of drug-likeness (QED) is 0.462. The van der Waals surface area contributed by atoms with E-state index < -0.39 is 0 Å². The molecule has 0 atom stereocenters. The monoisotopic (exact) mass is 153 g/mol. The summed E-state index contributed by atoms with van der Waals surface area (Å²) in [5.41, 5.74) is 5.25. The van der Waals surface area contributed by atoms with Gasteiger partial charge in [-0.25, -0.2) is 4.73 Å². The number of rotatable bonds is 3. The number of anilines is 1. The van der Waals surface area contributed by atoms with Gasteiger partial charge in [-0.3, -0.25) is 5.32 Å². The summed E-state index contributed by atoms with van der Waals surface area (Å²) in [6.45, 7) is 1.14. The number of hydrogen-bond donors (Lipinski definition) is 2. The summed E-state index contributed by atoms with van der Waals surface area (Å²) in [6.07, 6.45) is 1.44. The first kappa shape index (κ1) is 7.81. The Bertz CT molecular complexity index is 227. The maximum atomic E-state index is 10.9. The Morgan fingerprint density at radius 3 is 3.00 bits per heavy atom.